The molecular formula is C16H19N3OS. The molecule has 4 nitrogen and oxygen atoms in total. The highest BCUT2D eigenvalue weighted by molar-refractivity contribution is 7.80. The molecule has 2 aromatic rings. The zero-order valence-electron chi connectivity index (χ0n) is 12.2. The second-order valence-corrected chi connectivity index (χ2v) is 5.18. The van der Waals surface area contributed by atoms with E-state index in [0.717, 1.165) is 35.7 Å². The summed E-state index contributed by atoms with van der Waals surface area (Å²) < 4.78 is 5.28. The van der Waals surface area contributed by atoms with Crippen molar-refractivity contribution in [2.75, 3.05) is 25.6 Å². The highest BCUT2D eigenvalue weighted by Crippen LogP contribution is 2.25. The van der Waals surface area contributed by atoms with Crippen molar-refractivity contribution in [1.29, 1.82) is 0 Å². The number of ether oxygens (including phenoxy) is 1. The van der Waals surface area contributed by atoms with Crippen LogP contribution in [0.2, 0.25) is 0 Å². The molecule has 0 bridgehead atoms. The molecule has 0 aliphatic carbocycles. The lowest BCUT2D eigenvalue weighted by Gasteiger charge is -2.22. The van der Waals surface area contributed by atoms with Gasteiger partial charge in [0.1, 0.15) is 10.7 Å². The summed E-state index contributed by atoms with van der Waals surface area (Å²) in [7, 11) is 3.66. The summed E-state index contributed by atoms with van der Waals surface area (Å²) in [4.78, 5) is 6.84. The van der Waals surface area contributed by atoms with Crippen molar-refractivity contribution in [3.63, 3.8) is 0 Å². The Morgan fingerprint density at radius 2 is 2.14 bits per heavy atom. The molecule has 0 fully saturated rings. The number of aromatic nitrogens is 1. The van der Waals surface area contributed by atoms with Gasteiger partial charge in [-0.05, 0) is 24.3 Å². The molecule has 0 saturated carbocycles. The number of hydrogen-bond donors (Lipinski definition) is 1. The minimum absolute atomic E-state index is 0.386. The summed E-state index contributed by atoms with van der Waals surface area (Å²) in [5.41, 5.74) is 8.69. The Labute approximate surface area is 130 Å². The van der Waals surface area contributed by atoms with Crippen LogP contribution in [0.15, 0.2) is 42.6 Å². The molecule has 0 radical (unpaired) electrons. The van der Waals surface area contributed by atoms with Crippen LogP contribution in [0.25, 0.3) is 0 Å². The van der Waals surface area contributed by atoms with Gasteiger partial charge >= 0.3 is 0 Å². The van der Waals surface area contributed by atoms with Gasteiger partial charge in [-0.25, -0.2) is 0 Å². The first-order valence-electron chi connectivity index (χ1n) is 6.70. The average Bonchev–Trinajstić information content (AvgIpc) is 2.52. The molecule has 0 amide bonds. The predicted octanol–water partition coefficient (Wildman–Crippen LogP) is 2.40. The van der Waals surface area contributed by atoms with E-state index < -0.39 is 0 Å². The number of nitrogens with zero attached hydrogens (tertiary/aromatic N) is 2. The molecule has 0 saturated heterocycles. The van der Waals surface area contributed by atoms with E-state index in [2.05, 4.69) is 9.88 Å². The largest absolute Gasteiger partial charge is 0.497 e. The molecule has 1 heterocycles. The third-order valence-electron chi connectivity index (χ3n) is 3.31. The van der Waals surface area contributed by atoms with Crippen molar-refractivity contribution in [1.82, 2.24) is 4.98 Å². The maximum Gasteiger partial charge on any atom is 0.120 e. The summed E-state index contributed by atoms with van der Waals surface area (Å²) in [6.07, 6.45) is 2.66. The average molecular weight is 301 g/mol. The van der Waals surface area contributed by atoms with Crippen LogP contribution < -0.4 is 15.4 Å². The number of nitrogens with two attached hydrogens (primary N) is 1. The molecule has 1 aromatic carbocycles. The lowest BCUT2D eigenvalue weighted by Crippen LogP contribution is -2.24. The van der Waals surface area contributed by atoms with Gasteiger partial charge in [0.25, 0.3) is 0 Å². The van der Waals surface area contributed by atoms with Crippen molar-refractivity contribution < 1.29 is 4.74 Å². The van der Waals surface area contributed by atoms with Crippen LogP contribution in [-0.2, 0) is 6.42 Å². The molecule has 0 aliphatic heterocycles. The molecule has 0 atom stereocenters. The fourth-order valence-corrected chi connectivity index (χ4v) is 2.28. The minimum atomic E-state index is 0.386. The summed E-state index contributed by atoms with van der Waals surface area (Å²) in [6.45, 7) is 0.819. The van der Waals surface area contributed by atoms with Gasteiger partial charge in [-0.1, -0.05) is 18.3 Å². The molecule has 21 heavy (non-hydrogen) atoms. The number of thiocarbonyl (C=S) groups is 1. The van der Waals surface area contributed by atoms with E-state index in [1.165, 1.54) is 0 Å². The molecule has 2 N–H and O–H groups in total. The van der Waals surface area contributed by atoms with E-state index in [-0.39, 0.29) is 0 Å². The Morgan fingerprint density at radius 1 is 1.33 bits per heavy atom. The van der Waals surface area contributed by atoms with E-state index >= 15 is 0 Å². The van der Waals surface area contributed by atoms with Crippen molar-refractivity contribution in [3.05, 3.63) is 53.9 Å². The maximum atomic E-state index is 5.80. The van der Waals surface area contributed by atoms with E-state index in [1.807, 2.05) is 43.4 Å². The molecule has 5 heteroatoms. The Hall–Kier alpha value is -2.14. The molecule has 0 aliphatic rings. The predicted molar refractivity (Wildman–Crippen MR) is 90.1 cm³/mol. The van der Waals surface area contributed by atoms with Crippen molar-refractivity contribution in [3.8, 4) is 5.75 Å². The Morgan fingerprint density at radius 3 is 2.76 bits per heavy atom. The number of rotatable bonds is 6. The highest BCUT2D eigenvalue weighted by atomic mass is 32.1. The van der Waals surface area contributed by atoms with E-state index in [0.29, 0.717) is 4.99 Å². The van der Waals surface area contributed by atoms with Gasteiger partial charge in [0.15, 0.2) is 0 Å². The Balaban J connectivity index is 2.17. The van der Waals surface area contributed by atoms with Gasteiger partial charge < -0.3 is 15.4 Å². The quantitative estimate of drug-likeness (QED) is 0.830. The summed E-state index contributed by atoms with van der Waals surface area (Å²) in [5.74, 6) is 0.787. The van der Waals surface area contributed by atoms with Crippen LogP contribution in [0.5, 0.6) is 5.75 Å². The van der Waals surface area contributed by atoms with Crippen LogP contribution in [0.3, 0.4) is 0 Å². The molecule has 0 unspecified atom stereocenters. The lowest BCUT2D eigenvalue weighted by molar-refractivity contribution is 0.415. The maximum absolute atomic E-state index is 5.80. The molecule has 1 aromatic heterocycles. The van der Waals surface area contributed by atoms with Crippen LogP contribution in [0, 0.1) is 0 Å². The fraction of sp³-hybridized carbons (Fsp3) is 0.250. The summed E-state index contributed by atoms with van der Waals surface area (Å²) in [5, 5.41) is 0. The van der Waals surface area contributed by atoms with Gasteiger partial charge in [0.05, 0.1) is 12.8 Å². The zero-order chi connectivity index (χ0) is 15.2. The zero-order valence-corrected chi connectivity index (χ0v) is 13.1. The molecule has 2 rings (SSSR count). The highest BCUT2D eigenvalue weighted by Gasteiger charge is 2.11. The van der Waals surface area contributed by atoms with Crippen molar-refractivity contribution in [2.24, 2.45) is 5.73 Å². The number of pyridine rings is 1. The van der Waals surface area contributed by atoms with Gasteiger partial charge in [-0.2, -0.15) is 0 Å². The second kappa shape index (κ2) is 7.04. The summed E-state index contributed by atoms with van der Waals surface area (Å²) in [6, 6.07) is 11.6. The van der Waals surface area contributed by atoms with Crippen molar-refractivity contribution in [2.45, 2.75) is 6.42 Å². The third kappa shape index (κ3) is 3.92. The summed E-state index contributed by atoms with van der Waals surface area (Å²) >= 11 is 5.12. The van der Waals surface area contributed by atoms with Crippen molar-refractivity contribution >= 4 is 22.9 Å². The van der Waals surface area contributed by atoms with Gasteiger partial charge in [0, 0.05) is 43.5 Å². The number of methoxy groups -OCH3 is 1. The molecule has 110 valence electrons. The van der Waals surface area contributed by atoms with E-state index in [9.17, 15) is 0 Å². The lowest BCUT2D eigenvalue weighted by atomic mass is 10.1. The SMILES string of the molecule is COc1ccc(C(N)=S)c(N(C)CCc2ccccn2)c1. The number of hydrogen-bond acceptors (Lipinski definition) is 4. The normalized spacial score (nSPS) is 10.2. The third-order valence-corrected chi connectivity index (χ3v) is 3.53. The van der Waals surface area contributed by atoms with Crippen LogP contribution in [-0.4, -0.2) is 30.7 Å². The number of anilines is 1. The smallest absolute Gasteiger partial charge is 0.120 e. The van der Waals surface area contributed by atoms with Gasteiger partial charge in [0.2, 0.25) is 0 Å². The van der Waals surface area contributed by atoms with Gasteiger partial charge in [-0.3, -0.25) is 4.98 Å². The van der Waals surface area contributed by atoms with Crippen LogP contribution in [0.4, 0.5) is 5.69 Å². The Bertz CT molecular complexity index is 616. The molecule has 0 spiro atoms. The standard InChI is InChI=1S/C16H19N3OS/c1-19(10-8-12-5-3-4-9-18-12)15-11-13(20-2)6-7-14(15)16(17)21/h3-7,9,11H,8,10H2,1-2H3,(H2,17,21). The number of likely N-dealkylation sites (N-methyl/N-ethyl adjacent to an activating group) is 1. The van der Waals surface area contributed by atoms with Gasteiger partial charge in [-0.15, -0.1) is 0 Å². The first-order valence-corrected chi connectivity index (χ1v) is 7.11. The van der Waals surface area contributed by atoms with E-state index in [1.54, 1.807) is 13.3 Å². The topological polar surface area (TPSA) is 51.4 Å². The molecular weight excluding hydrogens is 282 g/mol. The fourth-order valence-electron chi connectivity index (χ4n) is 2.11. The second-order valence-electron chi connectivity index (χ2n) is 4.74. The first kappa shape index (κ1) is 15.3. The first-order chi connectivity index (χ1) is 10.1. The van der Waals surface area contributed by atoms with Crippen LogP contribution >= 0.6 is 12.2 Å². The minimum Gasteiger partial charge on any atom is -0.497 e. The van der Waals surface area contributed by atoms with E-state index in [4.69, 9.17) is 22.7 Å². The Kier molecular flexibility index (Phi) is 5.11. The monoisotopic (exact) mass is 301 g/mol. The number of benzene rings is 1. The van der Waals surface area contributed by atoms with Crippen LogP contribution in [0.1, 0.15) is 11.3 Å².